The summed E-state index contributed by atoms with van der Waals surface area (Å²) in [6.45, 7) is 8.03. The molecule has 0 saturated heterocycles. The van der Waals surface area contributed by atoms with Crippen molar-refractivity contribution in [1.29, 1.82) is 0 Å². The third kappa shape index (κ3) is 2.33. The van der Waals surface area contributed by atoms with Gasteiger partial charge >= 0.3 is 0 Å². The maximum Gasteiger partial charge on any atom is 0.0840 e. The van der Waals surface area contributed by atoms with Gasteiger partial charge in [-0.25, -0.2) is 0 Å². The van der Waals surface area contributed by atoms with Gasteiger partial charge in [0.15, 0.2) is 0 Å². The van der Waals surface area contributed by atoms with E-state index in [9.17, 15) is 10.2 Å². The van der Waals surface area contributed by atoms with E-state index in [0.29, 0.717) is 5.92 Å². The highest BCUT2D eigenvalue weighted by Gasteiger charge is 2.51. The van der Waals surface area contributed by atoms with E-state index in [4.69, 9.17) is 0 Å². The number of aliphatic hydroxyl groups is 2. The summed E-state index contributed by atoms with van der Waals surface area (Å²) in [6.07, 6.45) is 5.22. The fraction of sp³-hybridized carbons (Fsp3) is 0.684. The quantitative estimate of drug-likeness (QED) is 0.828. The van der Waals surface area contributed by atoms with Crippen LogP contribution < -0.4 is 0 Å². The molecule has 3 atom stereocenters. The Bertz CT molecular complexity index is 553. The summed E-state index contributed by atoms with van der Waals surface area (Å²) in [4.78, 5) is 0. The van der Waals surface area contributed by atoms with Crippen LogP contribution in [-0.4, -0.2) is 15.8 Å². The fourth-order valence-corrected chi connectivity index (χ4v) is 4.84. The summed E-state index contributed by atoms with van der Waals surface area (Å²) >= 11 is 0. The van der Waals surface area contributed by atoms with Crippen molar-refractivity contribution in [2.45, 2.75) is 76.4 Å². The van der Waals surface area contributed by atoms with E-state index < -0.39 is 11.2 Å². The third-order valence-electron chi connectivity index (χ3n) is 6.03. The molecule has 0 amide bonds. The van der Waals surface area contributed by atoms with E-state index in [1.807, 2.05) is 20.8 Å². The zero-order valence-electron chi connectivity index (χ0n) is 13.7. The monoisotopic (exact) mass is 288 g/mol. The lowest BCUT2D eigenvalue weighted by Gasteiger charge is -2.53. The maximum absolute atomic E-state index is 10.8. The van der Waals surface area contributed by atoms with Crippen LogP contribution in [0.1, 0.15) is 70.1 Å². The fourth-order valence-electron chi connectivity index (χ4n) is 4.84. The highest BCUT2D eigenvalue weighted by Crippen LogP contribution is 2.53. The van der Waals surface area contributed by atoms with E-state index in [-0.39, 0.29) is 5.41 Å². The van der Waals surface area contributed by atoms with Crippen molar-refractivity contribution in [3.63, 3.8) is 0 Å². The Labute approximate surface area is 128 Å². The van der Waals surface area contributed by atoms with Crippen LogP contribution in [0.5, 0.6) is 0 Å². The van der Waals surface area contributed by atoms with E-state index in [1.165, 1.54) is 11.1 Å². The molecule has 0 unspecified atom stereocenters. The molecular weight excluding hydrogens is 260 g/mol. The van der Waals surface area contributed by atoms with Gasteiger partial charge in [0.05, 0.1) is 11.2 Å². The van der Waals surface area contributed by atoms with Crippen LogP contribution in [0, 0.1) is 5.92 Å². The molecule has 21 heavy (non-hydrogen) atoms. The van der Waals surface area contributed by atoms with Crippen LogP contribution in [-0.2, 0) is 17.4 Å². The minimum Gasteiger partial charge on any atom is -0.390 e. The van der Waals surface area contributed by atoms with Gasteiger partial charge in [-0.1, -0.05) is 25.1 Å². The molecule has 0 bridgehead atoms. The average Bonchev–Trinajstić information content (AvgIpc) is 2.36. The van der Waals surface area contributed by atoms with Gasteiger partial charge in [-0.15, -0.1) is 0 Å². The minimum absolute atomic E-state index is 0.0768. The molecule has 116 valence electrons. The second-order valence-corrected chi connectivity index (χ2v) is 8.15. The molecule has 2 heteroatoms. The van der Waals surface area contributed by atoms with Gasteiger partial charge in [-0.3, -0.25) is 0 Å². The highest BCUT2D eigenvalue weighted by molar-refractivity contribution is 5.42. The van der Waals surface area contributed by atoms with Crippen molar-refractivity contribution in [3.05, 3.63) is 34.9 Å². The van der Waals surface area contributed by atoms with Gasteiger partial charge in [0, 0.05) is 0 Å². The Kier molecular flexibility index (Phi) is 3.27. The molecule has 0 heterocycles. The van der Waals surface area contributed by atoms with Crippen LogP contribution in [0.4, 0.5) is 0 Å². The lowest BCUT2D eigenvalue weighted by atomic mass is 9.53. The summed E-state index contributed by atoms with van der Waals surface area (Å²) < 4.78 is 0. The van der Waals surface area contributed by atoms with Crippen LogP contribution in [0.3, 0.4) is 0 Å². The van der Waals surface area contributed by atoms with Gasteiger partial charge in [0.1, 0.15) is 0 Å². The normalized spacial score (nSPS) is 36.0. The van der Waals surface area contributed by atoms with E-state index >= 15 is 0 Å². The molecule has 0 aromatic heterocycles. The van der Waals surface area contributed by atoms with E-state index in [1.54, 1.807) is 0 Å². The van der Waals surface area contributed by atoms with Crippen molar-refractivity contribution < 1.29 is 10.2 Å². The summed E-state index contributed by atoms with van der Waals surface area (Å²) in [5.74, 6) is 0.347. The first-order valence-corrected chi connectivity index (χ1v) is 8.23. The molecule has 0 radical (unpaired) electrons. The Balaban J connectivity index is 2.07. The summed E-state index contributed by atoms with van der Waals surface area (Å²) in [7, 11) is 0. The van der Waals surface area contributed by atoms with Crippen LogP contribution in [0.2, 0.25) is 0 Å². The zero-order chi connectivity index (χ0) is 15.5. The molecule has 3 rings (SSSR count). The summed E-state index contributed by atoms with van der Waals surface area (Å²) in [6, 6.07) is 6.45. The Morgan fingerprint density at radius 3 is 2.57 bits per heavy atom. The molecule has 0 spiro atoms. The minimum atomic E-state index is -0.787. The van der Waals surface area contributed by atoms with E-state index in [0.717, 1.165) is 37.7 Å². The molecule has 1 aromatic carbocycles. The first-order valence-electron chi connectivity index (χ1n) is 8.23. The number of rotatable bonds is 1. The molecular formula is C19H28O2. The van der Waals surface area contributed by atoms with E-state index in [2.05, 4.69) is 25.1 Å². The van der Waals surface area contributed by atoms with Crippen molar-refractivity contribution in [2.75, 3.05) is 0 Å². The van der Waals surface area contributed by atoms with Crippen LogP contribution in [0.15, 0.2) is 18.2 Å². The van der Waals surface area contributed by atoms with Crippen molar-refractivity contribution >= 4 is 0 Å². The predicted molar refractivity (Wildman–Crippen MR) is 85.3 cm³/mol. The zero-order valence-corrected chi connectivity index (χ0v) is 13.7. The van der Waals surface area contributed by atoms with Gasteiger partial charge in [-0.2, -0.15) is 0 Å². The topological polar surface area (TPSA) is 40.5 Å². The molecule has 2 aliphatic carbocycles. The number of fused-ring (bicyclic) bond motifs is 3. The van der Waals surface area contributed by atoms with Crippen molar-refractivity contribution in [2.24, 2.45) is 5.92 Å². The molecule has 1 fully saturated rings. The van der Waals surface area contributed by atoms with Crippen LogP contribution in [0.25, 0.3) is 0 Å². The number of hydrogen-bond donors (Lipinski definition) is 2. The average molecular weight is 288 g/mol. The smallest absolute Gasteiger partial charge is 0.0840 e. The predicted octanol–water partition coefficient (Wildman–Crippen LogP) is 3.67. The molecule has 1 saturated carbocycles. The molecule has 2 N–H and O–H groups in total. The van der Waals surface area contributed by atoms with Crippen molar-refractivity contribution in [3.8, 4) is 0 Å². The maximum atomic E-state index is 10.8. The Morgan fingerprint density at radius 1 is 1.19 bits per heavy atom. The second-order valence-electron chi connectivity index (χ2n) is 8.15. The van der Waals surface area contributed by atoms with Gasteiger partial charge in [-0.05, 0) is 80.9 Å². The van der Waals surface area contributed by atoms with Gasteiger partial charge < -0.3 is 10.2 Å². The highest BCUT2D eigenvalue weighted by atomic mass is 16.3. The number of benzene rings is 1. The third-order valence-corrected chi connectivity index (χ3v) is 6.03. The number of aryl methyl sites for hydroxylation is 1. The summed E-state index contributed by atoms with van der Waals surface area (Å²) in [5.41, 5.74) is 2.50. The Morgan fingerprint density at radius 2 is 1.90 bits per heavy atom. The van der Waals surface area contributed by atoms with Crippen LogP contribution >= 0.6 is 0 Å². The van der Waals surface area contributed by atoms with Gasteiger partial charge in [0.2, 0.25) is 0 Å². The standard InChI is InChI=1S/C19H28O2/c1-17(2,20)14-7-8-15-13(12-14)6-9-16-18(15,3)10-5-11-19(16,4)21/h7-8,12,16,20-21H,5-6,9-11H2,1-4H3/t16-,18+,19+/m0/s1. The lowest BCUT2D eigenvalue weighted by Crippen LogP contribution is -2.52. The molecule has 1 aromatic rings. The molecule has 2 nitrogen and oxygen atoms in total. The SMILES string of the molecule is CC(C)(O)c1ccc2c(c1)CC[C@@H]1[C@](C)(O)CCC[C@]21C. The largest absolute Gasteiger partial charge is 0.390 e. The molecule has 2 aliphatic rings. The second kappa shape index (κ2) is 4.57. The van der Waals surface area contributed by atoms with Crippen molar-refractivity contribution in [1.82, 2.24) is 0 Å². The van der Waals surface area contributed by atoms with Gasteiger partial charge in [0.25, 0.3) is 0 Å². The summed E-state index contributed by atoms with van der Waals surface area (Å²) in [5, 5.41) is 21.0. The first-order chi connectivity index (χ1) is 9.64. The first kappa shape index (κ1) is 15.1. The Hall–Kier alpha value is -0.860. The lowest BCUT2D eigenvalue weighted by molar-refractivity contribution is -0.0749. The molecule has 0 aliphatic heterocycles. The number of hydrogen-bond acceptors (Lipinski definition) is 2.